The van der Waals surface area contributed by atoms with Crippen LogP contribution in [0.2, 0.25) is 0 Å². The highest BCUT2D eigenvalue weighted by Gasteiger charge is 2.13. The molecule has 1 amide bonds. The highest BCUT2D eigenvalue weighted by Crippen LogP contribution is 2.18. The summed E-state index contributed by atoms with van der Waals surface area (Å²) in [5.41, 5.74) is 0.841. The Morgan fingerprint density at radius 3 is 2.48 bits per heavy atom. The molecule has 0 aromatic heterocycles. The Kier molecular flexibility index (Phi) is 4.58. The molecular weight excluding hydrogens is 280 g/mol. The molecule has 2 aromatic carbocycles. The van der Waals surface area contributed by atoms with Gasteiger partial charge in [0.2, 0.25) is 5.91 Å². The Labute approximate surface area is 130 Å². The summed E-state index contributed by atoms with van der Waals surface area (Å²) in [6.45, 7) is 5.99. The van der Waals surface area contributed by atoms with Gasteiger partial charge in [-0.2, -0.15) is 0 Å². The van der Waals surface area contributed by atoms with Crippen molar-refractivity contribution < 1.29 is 4.79 Å². The first-order chi connectivity index (χ1) is 9.85. The van der Waals surface area contributed by atoms with Crippen molar-refractivity contribution in [1.29, 1.82) is 0 Å². The zero-order valence-corrected chi connectivity index (χ0v) is 13.4. The second-order valence-corrected chi connectivity index (χ2v) is 6.48. The number of fused-ring (bicyclic) bond motifs is 1. The average Bonchev–Trinajstić information content (AvgIpc) is 2.36. The second-order valence-electron chi connectivity index (χ2n) is 6.07. The topological polar surface area (TPSA) is 41.1 Å². The fourth-order valence-corrected chi connectivity index (χ4v) is 2.58. The molecule has 0 saturated heterocycles. The van der Waals surface area contributed by atoms with E-state index in [9.17, 15) is 4.79 Å². The van der Waals surface area contributed by atoms with Crippen molar-refractivity contribution in [3.05, 3.63) is 48.0 Å². The van der Waals surface area contributed by atoms with Crippen LogP contribution >= 0.6 is 12.2 Å². The zero-order chi connectivity index (χ0) is 15.5. The molecule has 0 bridgehead atoms. The van der Waals surface area contributed by atoms with Crippen LogP contribution in [0.15, 0.2) is 42.5 Å². The summed E-state index contributed by atoms with van der Waals surface area (Å²) in [6, 6.07) is 14.0. The molecule has 0 aliphatic rings. The molecule has 2 aromatic rings. The van der Waals surface area contributed by atoms with Crippen LogP contribution in [0.3, 0.4) is 0 Å². The van der Waals surface area contributed by atoms with Crippen LogP contribution in [0, 0.1) is 0 Å². The van der Waals surface area contributed by atoms with Crippen LogP contribution in [0.5, 0.6) is 0 Å². The number of carbonyl (C=O) groups excluding carboxylic acids is 1. The molecule has 2 N–H and O–H groups in total. The molecule has 0 aliphatic carbocycles. The molecular formula is C17H20N2OS. The Bertz CT molecular complexity index is 669. The van der Waals surface area contributed by atoms with Crippen LogP contribution < -0.4 is 10.6 Å². The third-order valence-electron chi connectivity index (χ3n) is 2.97. The van der Waals surface area contributed by atoms with Gasteiger partial charge in [-0.3, -0.25) is 4.79 Å². The van der Waals surface area contributed by atoms with Crippen LogP contribution in [0.25, 0.3) is 10.8 Å². The lowest BCUT2D eigenvalue weighted by Crippen LogP contribution is -2.48. The Hall–Kier alpha value is -1.94. The molecule has 4 heteroatoms. The van der Waals surface area contributed by atoms with E-state index in [4.69, 9.17) is 12.2 Å². The van der Waals surface area contributed by atoms with E-state index in [2.05, 4.69) is 10.6 Å². The minimum Gasteiger partial charge on any atom is -0.358 e. The number of carbonyl (C=O) groups is 1. The minimum atomic E-state index is -0.163. The molecule has 2 rings (SSSR count). The third kappa shape index (κ3) is 4.53. The first kappa shape index (κ1) is 15.4. The Morgan fingerprint density at radius 2 is 1.76 bits per heavy atom. The lowest BCUT2D eigenvalue weighted by Gasteiger charge is -2.22. The van der Waals surface area contributed by atoms with Crippen molar-refractivity contribution in [1.82, 2.24) is 10.6 Å². The molecule has 0 heterocycles. The van der Waals surface area contributed by atoms with Crippen molar-refractivity contribution in [2.45, 2.75) is 32.7 Å². The number of amides is 1. The van der Waals surface area contributed by atoms with Crippen molar-refractivity contribution in [3.8, 4) is 0 Å². The highest BCUT2D eigenvalue weighted by atomic mass is 32.1. The normalized spacial score (nSPS) is 11.2. The van der Waals surface area contributed by atoms with Crippen molar-refractivity contribution >= 4 is 34.0 Å². The van der Waals surface area contributed by atoms with Crippen molar-refractivity contribution in [2.75, 3.05) is 0 Å². The largest absolute Gasteiger partial charge is 0.358 e. The van der Waals surface area contributed by atoms with Gasteiger partial charge >= 0.3 is 0 Å². The van der Waals surface area contributed by atoms with Gasteiger partial charge in [-0.15, -0.1) is 0 Å². The smallest absolute Gasteiger partial charge is 0.230 e. The van der Waals surface area contributed by atoms with E-state index in [1.54, 1.807) is 0 Å². The fourth-order valence-electron chi connectivity index (χ4n) is 2.16. The number of hydrogen-bond acceptors (Lipinski definition) is 2. The number of nitrogens with one attached hydrogen (secondary N) is 2. The van der Waals surface area contributed by atoms with E-state index < -0.39 is 0 Å². The quantitative estimate of drug-likeness (QED) is 0.837. The number of rotatable bonds is 2. The zero-order valence-electron chi connectivity index (χ0n) is 12.6. The van der Waals surface area contributed by atoms with Crippen LogP contribution in [-0.4, -0.2) is 16.6 Å². The SMILES string of the molecule is CC(C)(C)NC(=S)NC(=O)Cc1cccc2ccccc12. The van der Waals surface area contributed by atoms with Crippen LogP contribution in [-0.2, 0) is 11.2 Å². The predicted molar refractivity (Wildman–Crippen MR) is 91.3 cm³/mol. The summed E-state index contributed by atoms with van der Waals surface area (Å²) < 4.78 is 0. The second kappa shape index (κ2) is 6.22. The van der Waals surface area contributed by atoms with Crippen LogP contribution in [0.1, 0.15) is 26.3 Å². The molecule has 0 saturated carbocycles. The molecule has 0 fully saturated rings. The van der Waals surface area contributed by atoms with E-state index in [0.29, 0.717) is 11.5 Å². The summed E-state index contributed by atoms with van der Waals surface area (Å²) in [7, 11) is 0. The van der Waals surface area contributed by atoms with E-state index in [-0.39, 0.29) is 11.4 Å². The van der Waals surface area contributed by atoms with Crippen LogP contribution in [0.4, 0.5) is 0 Å². The lowest BCUT2D eigenvalue weighted by molar-refractivity contribution is -0.119. The summed E-state index contributed by atoms with van der Waals surface area (Å²) in [5.74, 6) is -0.104. The van der Waals surface area contributed by atoms with Gasteiger partial charge in [-0.05, 0) is 49.3 Å². The minimum absolute atomic E-state index is 0.104. The van der Waals surface area contributed by atoms with Gasteiger partial charge < -0.3 is 10.6 Å². The number of benzene rings is 2. The van der Waals surface area contributed by atoms with E-state index in [1.807, 2.05) is 63.2 Å². The number of thiocarbonyl (C=S) groups is 1. The van der Waals surface area contributed by atoms with Gasteiger partial charge in [0.15, 0.2) is 5.11 Å². The molecule has 0 unspecified atom stereocenters. The van der Waals surface area contributed by atoms with E-state index >= 15 is 0 Å². The van der Waals surface area contributed by atoms with Gasteiger partial charge in [-0.1, -0.05) is 42.5 Å². The fraction of sp³-hybridized carbons (Fsp3) is 0.294. The highest BCUT2D eigenvalue weighted by molar-refractivity contribution is 7.80. The van der Waals surface area contributed by atoms with E-state index in [0.717, 1.165) is 16.3 Å². The summed E-state index contributed by atoms with van der Waals surface area (Å²) in [4.78, 5) is 12.1. The Balaban J connectivity index is 2.07. The maximum absolute atomic E-state index is 12.1. The summed E-state index contributed by atoms with van der Waals surface area (Å²) in [6.07, 6.45) is 0.313. The molecule has 0 aliphatic heterocycles. The standard InChI is InChI=1S/C17H20N2OS/c1-17(2,3)19-16(21)18-15(20)11-13-9-6-8-12-7-4-5-10-14(12)13/h4-10H,11H2,1-3H3,(H2,18,19,20,21). The molecule has 0 radical (unpaired) electrons. The van der Waals surface area contributed by atoms with Gasteiger partial charge in [0, 0.05) is 5.54 Å². The maximum atomic E-state index is 12.1. The van der Waals surface area contributed by atoms with Gasteiger partial charge in [0.1, 0.15) is 0 Å². The van der Waals surface area contributed by atoms with Gasteiger partial charge in [-0.25, -0.2) is 0 Å². The summed E-state index contributed by atoms with van der Waals surface area (Å²) >= 11 is 5.15. The van der Waals surface area contributed by atoms with Crippen molar-refractivity contribution in [2.24, 2.45) is 0 Å². The molecule has 0 atom stereocenters. The molecule has 21 heavy (non-hydrogen) atoms. The van der Waals surface area contributed by atoms with Gasteiger partial charge in [0.25, 0.3) is 0 Å². The number of hydrogen-bond donors (Lipinski definition) is 2. The third-order valence-corrected chi connectivity index (χ3v) is 3.18. The van der Waals surface area contributed by atoms with Crippen molar-refractivity contribution in [3.63, 3.8) is 0 Å². The Morgan fingerprint density at radius 1 is 1.10 bits per heavy atom. The summed E-state index contributed by atoms with van der Waals surface area (Å²) in [5, 5.41) is 8.41. The predicted octanol–water partition coefficient (Wildman–Crippen LogP) is 3.17. The average molecular weight is 300 g/mol. The molecule has 110 valence electrons. The monoisotopic (exact) mass is 300 g/mol. The first-order valence-corrected chi connectivity index (χ1v) is 7.34. The molecule has 0 spiro atoms. The maximum Gasteiger partial charge on any atom is 0.230 e. The lowest BCUT2D eigenvalue weighted by atomic mass is 10.0. The van der Waals surface area contributed by atoms with Gasteiger partial charge in [0.05, 0.1) is 6.42 Å². The molecule has 3 nitrogen and oxygen atoms in total. The van der Waals surface area contributed by atoms with E-state index in [1.165, 1.54) is 0 Å². The first-order valence-electron chi connectivity index (χ1n) is 6.94.